The third-order valence-electron chi connectivity index (χ3n) is 1.02. The van der Waals surface area contributed by atoms with Gasteiger partial charge in [0.25, 0.3) is 0 Å². The first-order valence-corrected chi connectivity index (χ1v) is 2.61. The Balaban J connectivity index is -0.0000000807. The molecule has 0 aromatic carbocycles. The summed E-state index contributed by atoms with van der Waals surface area (Å²) < 4.78 is 0. The van der Waals surface area contributed by atoms with E-state index in [9.17, 15) is 14.7 Å². The van der Waals surface area contributed by atoms with Gasteiger partial charge in [-0.1, -0.05) is 0 Å². The Kier molecular flexibility index (Phi) is 21.1. The van der Waals surface area contributed by atoms with Crippen molar-refractivity contribution in [1.82, 2.24) is 10.2 Å². The van der Waals surface area contributed by atoms with Crippen molar-refractivity contribution in [2.24, 2.45) is 0 Å². The van der Waals surface area contributed by atoms with Gasteiger partial charge in [-0.25, -0.2) is 4.79 Å². The average Bonchev–Trinajstić information content (AvgIpc) is 2.33. The zero-order valence-corrected chi connectivity index (χ0v) is 8.81. The molecule has 100 valence electrons. The van der Waals surface area contributed by atoms with Crippen LogP contribution in [0.25, 0.3) is 0 Å². The Hall–Kier alpha value is -1.52. The number of rotatable bonds is 2. The molecule has 10 nitrogen and oxygen atoms in total. The van der Waals surface area contributed by atoms with Gasteiger partial charge < -0.3 is 36.9 Å². The zero-order chi connectivity index (χ0) is 8.43. The molecule has 1 heterocycles. The molecule has 0 bridgehead atoms. The minimum Gasteiger partial charge on any atom is -0.543 e. The van der Waals surface area contributed by atoms with Crippen LogP contribution in [0.3, 0.4) is 0 Å². The summed E-state index contributed by atoms with van der Waals surface area (Å²) in [5.41, 5.74) is -0.688. The van der Waals surface area contributed by atoms with Crippen LogP contribution in [0.1, 0.15) is 21.0 Å². The molecule has 16 heavy (non-hydrogen) atoms. The van der Waals surface area contributed by atoms with E-state index >= 15 is 0 Å². The molecule has 14 N–H and O–H groups in total. The second kappa shape index (κ2) is 11.6. The van der Waals surface area contributed by atoms with Crippen LogP contribution in [0.5, 0.6) is 0 Å². The van der Waals surface area contributed by atoms with Crippen LogP contribution in [0.2, 0.25) is 0 Å². The van der Waals surface area contributed by atoms with E-state index in [1.165, 1.54) is 0 Å². The number of carboxylic acids is 2. The topological polar surface area (TPSA) is 238 Å². The molecule has 1 rings (SSSR count). The smallest absolute Gasteiger partial charge is 0.356 e. The third kappa shape index (κ3) is 6.87. The van der Waals surface area contributed by atoms with Crippen molar-refractivity contribution in [2.45, 2.75) is 0 Å². The van der Waals surface area contributed by atoms with Crippen LogP contribution >= 0.6 is 0 Å². The number of nitrogens with one attached hydrogen (secondary N) is 1. The maximum atomic E-state index is 10.1. The summed E-state index contributed by atoms with van der Waals surface area (Å²) in [6.45, 7) is 0. The van der Waals surface area contributed by atoms with Gasteiger partial charge in [-0.15, -0.1) is 0 Å². The van der Waals surface area contributed by atoms with E-state index in [0.717, 1.165) is 6.07 Å². The maximum Gasteiger partial charge on any atom is 0.356 e. The molecule has 0 atom stereocenters. The Bertz CT molecular complexity index is 285. The number of hydrogen-bond acceptors (Lipinski definition) is 4. The van der Waals surface area contributed by atoms with Gasteiger partial charge in [0.15, 0.2) is 5.69 Å². The molecule has 1 aromatic heterocycles. The molecule has 0 amide bonds. The van der Waals surface area contributed by atoms with Crippen molar-refractivity contribution in [2.75, 3.05) is 0 Å². The van der Waals surface area contributed by atoms with Crippen molar-refractivity contribution in [3.63, 3.8) is 0 Å². The zero-order valence-electron chi connectivity index (χ0n) is 7.82. The van der Waals surface area contributed by atoms with Crippen LogP contribution in [-0.2, 0) is 38.4 Å². The molecule has 1 aromatic rings. The number of carbonyl (C=O) groups is 2. The van der Waals surface area contributed by atoms with Gasteiger partial charge in [-0.05, 0) is 6.07 Å². The first kappa shape index (κ1) is 29.3. The van der Waals surface area contributed by atoms with Crippen LogP contribution in [0, 0.1) is 0 Å². The van der Waals surface area contributed by atoms with Crippen molar-refractivity contribution in [3.05, 3.63) is 17.5 Å². The van der Waals surface area contributed by atoms with Crippen molar-refractivity contribution in [1.29, 1.82) is 0 Å². The number of aromatic nitrogens is 2. The Morgan fingerprint density at radius 1 is 1.25 bits per heavy atom. The molecule has 0 aliphatic carbocycles. The van der Waals surface area contributed by atoms with Gasteiger partial charge in [0.1, 0.15) is 0 Å². The van der Waals surface area contributed by atoms with Gasteiger partial charge in [-0.2, -0.15) is 5.10 Å². The minimum atomic E-state index is -1.48. The molecule has 0 radical (unpaired) electrons. The molecular formula is C5H15N2NiO8+3. The summed E-state index contributed by atoms with van der Waals surface area (Å²) in [5, 5.41) is 23.5. The normalized spacial score (nSPS) is 6.50. The number of nitrogens with zero attached hydrogens (tertiary/aromatic N) is 1. The molecule has 11 heteroatoms. The molecule has 0 saturated heterocycles. The van der Waals surface area contributed by atoms with Crippen molar-refractivity contribution in [3.8, 4) is 0 Å². The number of H-pyrrole nitrogens is 1. The second-order valence-electron chi connectivity index (χ2n) is 1.76. The van der Waals surface area contributed by atoms with E-state index < -0.39 is 11.9 Å². The average molecular weight is 290 g/mol. The fraction of sp³-hybridized carbons (Fsp3) is 0. The summed E-state index contributed by atoms with van der Waals surface area (Å²) >= 11 is 0. The summed E-state index contributed by atoms with van der Waals surface area (Å²) in [6.07, 6.45) is 0. The van der Waals surface area contributed by atoms with E-state index in [-0.39, 0.29) is 49.8 Å². The Morgan fingerprint density at radius 2 is 1.69 bits per heavy atom. The van der Waals surface area contributed by atoms with Crippen LogP contribution < -0.4 is 5.11 Å². The van der Waals surface area contributed by atoms with Crippen LogP contribution in [0.4, 0.5) is 0 Å². The largest absolute Gasteiger partial charge is 0.543 e. The SMILES string of the molecule is O=C(O)c1cc(C(=O)[O-])[nH]n1.[Ni].[OH3+].[OH3+].[OH3+].[OH3+]. The summed E-state index contributed by atoms with van der Waals surface area (Å²) in [7, 11) is 0. The first-order valence-electron chi connectivity index (χ1n) is 2.61. The fourth-order valence-electron chi connectivity index (χ4n) is 0.536. The van der Waals surface area contributed by atoms with Gasteiger partial charge in [0.05, 0.1) is 11.7 Å². The standard InChI is InChI=1S/C5H4N2O4.Ni.4H2O/c8-4(9)2-1-3(5(10)11)7-6-2;;;;;/h1H,(H,6,7)(H,8,9)(H,10,11);;4*1H2/p+3. The predicted octanol–water partition coefficient (Wildman–Crippen LogP) is -5.22. The number of aromatic amines is 1. The van der Waals surface area contributed by atoms with E-state index in [1.54, 1.807) is 0 Å². The maximum absolute atomic E-state index is 10.1. The van der Waals surface area contributed by atoms with E-state index in [1.807, 2.05) is 5.10 Å². The van der Waals surface area contributed by atoms with Gasteiger partial charge in [-0.3, -0.25) is 5.10 Å². The van der Waals surface area contributed by atoms with Crippen LogP contribution in [0.15, 0.2) is 6.07 Å². The fourth-order valence-corrected chi connectivity index (χ4v) is 0.536. The molecule has 0 aliphatic rings. The summed E-state index contributed by atoms with van der Waals surface area (Å²) in [6, 6.07) is 0.887. The number of aromatic carboxylic acids is 2. The van der Waals surface area contributed by atoms with Crippen LogP contribution in [-0.4, -0.2) is 27.2 Å². The Morgan fingerprint density at radius 3 is 1.88 bits per heavy atom. The van der Waals surface area contributed by atoms with Gasteiger partial charge >= 0.3 is 5.97 Å². The third-order valence-corrected chi connectivity index (χ3v) is 1.02. The number of carbonyl (C=O) groups excluding carboxylic acids is 1. The first-order chi connectivity index (χ1) is 5.11. The quantitative estimate of drug-likeness (QED) is 0.399. The molecule has 0 unspecified atom stereocenters. The molecule has 0 fully saturated rings. The summed E-state index contributed by atoms with van der Waals surface area (Å²) in [5.74, 6) is -2.77. The molecule has 0 aliphatic heterocycles. The van der Waals surface area contributed by atoms with Crippen molar-refractivity contribution >= 4 is 11.9 Å². The minimum absolute atomic E-state index is 0. The summed E-state index contributed by atoms with van der Waals surface area (Å²) in [4.78, 5) is 20.2. The second-order valence-corrected chi connectivity index (χ2v) is 1.76. The monoisotopic (exact) mass is 289 g/mol. The van der Waals surface area contributed by atoms with Gasteiger partial charge in [0, 0.05) is 16.5 Å². The molecule has 0 saturated carbocycles. The van der Waals surface area contributed by atoms with Gasteiger partial charge in [0.2, 0.25) is 0 Å². The number of carboxylic acid groups (broad SMARTS) is 2. The number of hydrogen-bond donors (Lipinski definition) is 2. The molecule has 0 spiro atoms. The van der Waals surface area contributed by atoms with Crippen molar-refractivity contribution < 1.29 is 58.2 Å². The van der Waals surface area contributed by atoms with E-state index in [0.29, 0.717) is 0 Å². The van der Waals surface area contributed by atoms with E-state index in [2.05, 4.69) is 5.10 Å². The van der Waals surface area contributed by atoms with E-state index in [4.69, 9.17) is 5.11 Å². The molecular weight excluding hydrogens is 275 g/mol. The predicted molar refractivity (Wildman–Crippen MR) is 49.4 cm³/mol. The Labute approximate surface area is 98.4 Å².